The average molecular weight is 263 g/mol. The molecule has 1 heterocycles. The van der Waals surface area contributed by atoms with E-state index in [4.69, 9.17) is 4.74 Å². The van der Waals surface area contributed by atoms with Crippen molar-refractivity contribution in [2.45, 2.75) is 32.1 Å². The molecule has 1 aromatic carbocycles. The second-order valence-corrected chi connectivity index (χ2v) is 4.67. The lowest BCUT2D eigenvalue weighted by Crippen LogP contribution is -2.40. The van der Waals surface area contributed by atoms with Crippen molar-refractivity contribution < 1.29 is 19.4 Å². The van der Waals surface area contributed by atoms with E-state index in [0.29, 0.717) is 0 Å². The van der Waals surface area contributed by atoms with Crippen LogP contribution in [0, 0.1) is 0 Å². The van der Waals surface area contributed by atoms with E-state index < -0.39 is 18.1 Å². The van der Waals surface area contributed by atoms with E-state index in [0.717, 1.165) is 5.56 Å². The maximum absolute atomic E-state index is 12.0. The fourth-order valence-electron chi connectivity index (χ4n) is 2.21. The van der Waals surface area contributed by atoms with Gasteiger partial charge in [-0.15, -0.1) is 0 Å². The maximum atomic E-state index is 12.0. The number of ether oxygens (including phenoxy) is 1. The number of β-amino-alcohol motifs (C(OH)–C–C–N with tert-alkyl or cyclic N) is 1. The van der Waals surface area contributed by atoms with E-state index in [-0.39, 0.29) is 25.5 Å². The minimum Gasteiger partial charge on any atom is -0.459 e. The van der Waals surface area contributed by atoms with Gasteiger partial charge < -0.3 is 14.7 Å². The van der Waals surface area contributed by atoms with Gasteiger partial charge in [-0.1, -0.05) is 30.3 Å². The summed E-state index contributed by atoms with van der Waals surface area (Å²) >= 11 is 0. The molecule has 0 aliphatic carbocycles. The van der Waals surface area contributed by atoms with Gasteiger partial charge in [0.25, 0.3) is 0 Å². The van der Waals surface area contributed by atoms with Crippen molar-refractivity contribution >= 4 is 11.9 Å². The van der Waals surface area contributed by atoms with Gasteiger partial charge in [0.15, 0.2) is 0 Å². The Hall–Kier alpha value is -1.88. The molecule has 102 valence electrons. The lowest BCUT2D eigenvalue weighted by molar-refractivity contribution is -0.154. The maximum Gasteiger partial charge on any atom is 0.329 e. The second kappa shape index (κ2) is 5.84. The van der Waals surface area contributed by atoms with E-state index in [1.54, 1.807) is 0 Å². The summed E-state index contributed by atoms with van der Waals surface area (Å²) in [6.07, 6.45) is -0.411. The van der Waals surface area contributed by atoms with E-state index in [1.807, 2.05) is 30.3 Å². The number of amides is 1. The van der Waals surface area contributed by atoms with Crippen LogP contribution in [0.25, 0.3) is 0 Å². The van der Waals surface area contributed by atoms with Gasteiger partial charge >= 0.3 is 5.97 Å². The van der Waals surface area contributed by atoms with Crippen LogP contribution in [-0.2, 0) is 20.9 Å². The van der Waals surface area contributed by atoms with Gasteiger partial charge in [0.05, 0.1) is 6.10 Å². The van der Waals surface area contributed by atoms with E-state index in [2.05, 4.69) is 0 Å². The van der Waals surface area contributed by atoms with Gasteiger partial charge in [0.2, 0.25) is 5.91 Å². The smallest absolute Gasteiger partial charge is 0.329 e. The fraction of sp³-hybridized carbons (Fsp3) is 0.429. The van der Waals surface area contributed by atoms with Gasteiger partial charge in [0.1, 0.15) is 12.6 Å². The Morgan fingerprint density at radius 3 is 2.68 bits per heavy atom. The van der Waals surface area contributed by atoms with Gasteiger partial charge in [-0.2, -0.15) is 0 Å². The summed E-state index contributed by atoms with van der Waals surface area (Å²) in [7, 11) is 0. The molecule has 1 saturated heterocycles. The highest BCUT2D eigenvalue weighted by Gasteiger charge is 2.38. The molecule has 0 bridgehead atoms. The number of carbonyl (C=O) groups is 2. The van der Waals surface area contributed by atoms with Crippen LogP contribution < -0.4 is 0 Å². The van der Waals surface area contributed by atoms with Crippen molar-refractivity contribution in [1.29, 1.82) is 0 Å². The molecule has 0 spiro atoms. The third-order valence-corrected chi connectivity index (χ3v) is 3.18. The van der Waals surface area contributed by atoms with Crippen LogP contribution >= 0.6 is 0 Å². The molecule has 0 saturated carbocycles. The van der Waals surface area contributed by atoms with Crippen molar-refractivity contribution in [3.8, 4) is 0 Å². The first-order valence-corrected chi connectivity index (χ1v) is 6.23. The molecule has 1 N–H and O–H groups in total. The number of benzene rings is 1. The average Bonchev–Trinajstić information content (AvgIpc) is 2.79. The molecule has 0 unspecified atom stereocenters. The van der Waals surface area contributed by atoms with Crippen LogP contribution in [0.1, 0.15) is 18.9 Å². The number of aliphatic hydroxyl groups is 1. The molecule has 2 rings (SSSR count). The summed E-state index contributed by atoms with van der Waals surface area (Å²) < 4.78 is 5.20. The van der Waals surface area contributed by atoms with E-state index in [1.165, 1.54) is 11.8 Å². The highest BCUT2D eigenvalue weighted by Crippen LogP contribution is 2.19. The lowest BCUT2D eigenvalue weighted by atomic mass is 10.2. The highest BCUT2D eigenvalue weighted by molar-refractivity contribution is 5.84. The molecule has 1 aliphatic heterocycles. The summed E-state index contributed by atoms with van der Waals surface area (Å²) in [6, 6.07) is 8.67. The number of carbonyl (C=O) groups excluding carboxylic acids is 2. The third kappa shape index (κ3) is 3.32. The first kappa shape index (κ1) is 13.5. The number of hydrogen-bond acceptors (Lipinski definition) is 4. The monoisotopic (exact) mass is 263 g/mol. The molecule has 5 nitrogen and oxygen atoms in total. The molecule has 1 aliphatic rings. The molecule has 0 aromatic heterocycles. The van der Waals surface area contributed by atoms with E-state index in [9.17, 15) is 14.7 Å². The first-order valence-electron chi connectivity index (χ1n) is 6.23. The quantitative estimate of drug-likeness (QED) is 0.816. The topological polar surface area (TPSA) is 66.8 Å². The molecule has 2 atom stereocenters. The largest absolute Gasteiger partial charge is 0.459 e. The van der Waals surface area contributed by atoms with Gasteiger partial charge in [0, 0.05) is 19.9 Å². The molecule has 1 amide bonds. The van der Waals surface area contributed by atoms with E-state index >= 15 is 0 Å². The number of nitrogens with zero attached hydrogens (tertiary/aromatic N) is 1. The van der Waals surface area contributed by atoms with Gasteiger partial charge in [-0.05, 0) is 5.56 Å². The Morgan fingerprint density at radius 2 is 2.05 bits per heavy atom. The summed E-state index contributed by atoms with van der Waals surface area (Å²) in [5, 5.41) is 9.55. The summed E-state index contributed by atoms with van der Waals surface area (Å²) in [5.41, 5.74) is 0.892. The van der Waals surface area contributed by atoms with Crippen molar-refractivity contribution in [2.75, 3.05) is 6.54 Å². The van der Waals surface area contributed by atoms with Gasteiger partial charge in [-0.25, -0.2) is 4.79 Å². The summed E-state index contributed by atoms with van der Waals surface area (Å²) in [4.78, 5) is 24.7. The van der Waals surface area contributed by atoms with Crippen LogP contribution in [0.3, 0.4) is 0 Å². The zero-order chi connectivity index (χ0) is 13.8. The predicted octanol–water partition coefficient (Wildman–Crippen LogP) is 0.711. The molecule has 0 radical (unpaired) electrons. The predicted molar refractivity (Wildman–Crippen MR) is 68.0 cm³/mol. The van der Waals surface area contributed by atoms with Crippen LogP contribution in [0.2, 0.25) is 0 Å². The number of likely N-dealkylation sites (tertiary alicyclic amines) is 1. The lowest BCUT2D eigenvalue weighted by Gasteiger charge is -2.21. The second-order valence-electron chi connectivity index (χ2n) is 4.67. The van der Waals surface area contributed by atoms with Crippen molar-refractivity contribution in [1.82, 2.24) is 4.90 Å². The fourth-order valence-corrected chi connectivity index (χ4v) is 2.21. The van der Waals surface area contributed by atoms with Crippen molar-refractivity contribution in [2.24, 2.45) is 0 Å². The molecular weight excluding hydrogens is 246 g/mol. The van der Waals surface area contributed by atoms with Crippen LogP contribution in [-0.4, -0.2) is 40.6 Å². The van der Waals surface area contributed by atoms with Crippen molar-refractivity contribution in [3.05, 3.63) is 35.9 Å². The Bertz CT molecular complexity index is 460. The third-order valence-electron chi connectivity index (χ3n) is 3.18. The van der Waals surface area contributed by atoms with Crippen molar-refractivity contribution in [3.63, 3.8) is 0 Å². The first-order chi connectivity index (χ1) is 9.08. The Labute approximate surface area is 111 Å². The molecule has 1 fully saturated rings. The zero-order valence-corrected chi connectivity index (χ0v) is 10.8. The molecule has 5 heteroatoms. The minimum atomic E-state index is -0.670. The van der Waals surface area contributed by atoms with Crippen LogP contribution in [0.15, 0.2) is 30.3 Å². The highest BCUT2D eigenvalue weighted by atomic mass is 16.5. The normalized spacial score (nSPS) is 22.3. The summed E-state index contributed by atoms with van der Waals surface area (Å²) in [6.45, 7) is 1.76. The minimum absolute atomic E-state index is 0.179. The zero-order valence-electron chi connectivity index (χ0n) is 10.8. The van der Waals surface area contributed by atoms with Crippen LogP contribution in [0.4, 0.5) is 0 Å². The van der Waals surface area contributed by atoms with Crippen LogP contribution in [0.5, 0.6) is 0 Å². The molecule has 1 aromatic rings. The number of aliphatic hydroxyl groups excluding tert-OH is 1. The Morgan fingerprint density at radius 1 is 1.37 bits per heavy atom. The number of esters is 1. The summed E-state index contributed by atoms with van der Waals surface area (Å²) in [5.74, 6) is -0.686. The molecule has 19 heavy (non-hydrogen) atoms. The number of hydrogen-bond donors (Lipinski definition) is 1. The number of rotatable bonds is 3. The standard InChI is InChI=1S/C14H17NO4/c1-10(16)15-8-12(17)7-13(15)14(18)19-9-11-5-3-2-4-6-11/h2-6,12-13,17H,7-9H2,1H3/t12-,13+/m1/s1. The SMILES string of the molecule is CC(=O)N1C[C@H](O)C[C@H]1C(=O)OCc1ccccc1. The van der Waals surface area contributed by atoms with Gasteiger partial charge in [-0.3, -0.25) is 4.79 Å². The Balaban J connectivity index is 1.94. The molecular formula is C14H17NO4. The Kier molecular flexibility index (Phi) is 4.16.